The summed E-state index contributed by atoms with van der Waals surface area (Å²) in [6.45, 7) is 0. The van der Waals surface area contributed by atoms with Crippen molar-refractivity contribution in [3.8, 4) is 5.75 Å². The molecule has 2 aliphatic rings. The molecule has 0 radical (unpaired) electrons. The average Bonchev–Trinajstić information content (AvgIpc) is 3.26. The van der Waals surface area contributed by atoms with Gasteiger partial charge in [0.05, 0.1) is 13.5 Å². The number of carboxylic acids is 1. The van der Waals surface area contributed by atoms with E-state index in [1.807, 2.05) is 0 Å². The van der Waals surface area contributed by atoms with Gasteiger partial charge in [-0.3, -0.25) is 14.5 Å². The van der Waals surface area contributed by atoms with Gasteiger partial charge in [-0.2, -0.15) is 0 Å². The molecule has 1 fully saturated rings. The van der Waals surface area contributed by atoms with Gasteiger partial charge in [0.1, 0.15) is 22.9 Å². The number of tetrazole rings is 1. The summed E-state index contributed by atoms with van der Waals surface area (Å²) >= 11 is 2.64. The highest BCUT2D eigenvalue weighted by atomic mass is 32.2. The number of hydrogen-bond donors (Lipinski definition) is 2. The maximum atomic E-state index is 12.9. The molecule has 2 amide bonds. The molecule has 2 N–H and O–H groups in total. The Morgan fingerprint density at radius 1 is 1.31 bits per heavy atom. The van der Waals surface area contributed by atoms with Gasteiger partial charge in [-0.25, -0.2) is 14.3 Å². The van der Waals surface area contributed by atoms with Gasteiger partial charge in [0.2, 0.25) is 11.1 Å². The molecule has 3 heterocycles. The number of carbonyl (C=O) groups is 4. The summed E-state index contributed by atoms with van der Waals surface area (Å²) in [6, 6.07) is 5.59. The summed E-state index contributed by atoms with van der Waals surface area (Å²) < 4.78 is 11.0. The van der Waals surface area contributed by atoms with Crippen LogP contribution in [0, 0.1) is 0 Å². The predicted octanol–water partition coefficient (Wildman–Crippen LogP) is 0.429. The number of nitrogens with zero attached hydrogens (tertiary/aromatic N) is 5. The van der Waals surface area contributed by atoms with Crippen molar-refractivity contribution in [2.45, 2.75) is 23.0 Å². The van der Waals surface area contributed by atoms with Gasteiger partial charge in [-0.05, 0) is 22.1 Å². The van der Waals surface area contributed by atoms with E-state index in [2.05, 4.69) is 25.6 Å². The minimum Gasteiger partial charge on any atom is -0.477 e. The maximum Gasteiger partial charge on any atom is 0.513 e. The summed E-state index contributed by atoms with van der Waals surface area (Å²) in [5, 5.41) is 23.6. The van der Waals surface area contributed by atoms with Crippen molar-refractivity contribution in [2.24, 2.45) is 7.05 Å². The van der Waals surface area contributed by atoms with Crippen LogP contribution in [0.25, 0.3) is 0 Å². The number of hydrogen-bond acceptors (Lipinski definition) is 11. The second kappa shape index (κ2) is 10.4. The number of ether oxygens (including phenoxy) is 2. The van der Waals surface area contributed by atoms with Gasteiger partial charge >= 0.3 is 12.1 Å². The number of aliphatic carboxylic acids is 1. The molecule has 0 aliphatic carbocycles. The van der Waals surface area contributed by atoms with Crippen molar-refractivity contribution < 1.29 is 33.8 Å². The number of fused-ring (bicyclic) bond motifs is 1. The van der Waals surface area contributed by atoms with Gasteiger partial charge in [0.25, 0.3) is 5.91 Å². The molecule has 0 saturated carbocycles. The Bertz CT molecular complexity index is 1220. The van der Waals surface area contributed by atoms with E-state index in [0.29, 0.717) is 27.8 Å². The number of methoxy groups -OCH3 is 1. The molecule has 0 bridgehead atoms. The molecule has 1 saturated heterocycles. The molecule has 4 rings (SSSR count). The Kier molecular flexibility index (Phi) is 7.25. The van der Waals surface area contributed by atoms with Crippen LogP contribution in [0.1, 0.15) is 5.56 Å². The number of β-lactam (4-membered cyclic amide) rings is 1. The summed E-state index contributed by atoms with van der Waals surface area (Å²) in [6.07, 6.45) is -1.07. The summed E-state index contributed by atoms with van der Waals surface area (Å²) in [5.41, 5.74) is 0.918. The summed E-state index contributed by atoms with van der Waals surface area (Å²) in [5.74, 6) is -1.35. The first-order chi connectivity index (χ1) is 16.8. The summed E-state index contributed by atoms with van der Waals surface area (Å²) in [7, 11) is 2.84. The van der Waals surface area contributed by atoms with Gasteiger partial charge < -0.3 is 19.9 Å². The number of para-hydroxylation sites is 1. The fourth-order valence-corrected chi connectivity index (χ4v) is 5.90. The molecule has 1 aromatic heterocycles. The number of carboxylic acid groups (broad SMARTS) is 1. The van der Waals surface area contributed by atoms with E-state index < -0.39 is 35.4 Å². The predicted molar refractivity (Wildman–Crippen MR) is 122 cm³/mol. The second-order valence-electron chi connectivity index (χ2n) is 7.43. The van der Waals surface area contributed by atoms with E-state index in [9.17, 15) is 24.3 Å². The SMILES string of the molecule is COC(=O)Oc1ccccc1CC(=O)N[C@@H]1C(=O)N2C(C(=O)O)=C(CSc3nnnn3C)CSC12. The monoisotopic (exact) mass is 520 g/mol. The lowest BCUT2D eigenvalue weighted by atomic mass is 10.0. The highest BCUT2D eigenvalue weighted by Gasteiger charge is 2.54. The van der Waals surface area contributed by atoms with Gasteiger partial charge in [0.15, 0.2) is 0 Å². The molecule has 13 nitrogen and oxygen atoms in total. The molecule has 1 aromatic carbocycles. The number of rotatable bonds is 8. The lowest BCUT2D eigenvalue weighted by Crippen LogP contribution is -2.70. The smallest absolute Gasteiger partial charge is 0.477 e. The molecule has 15 heteroatoms. The van der Waals surface area contributed by atoms with Crippen LogP contribution < -0.4 is 10.1 Å². The van der Waals surface area contributed by atoms with Crippen LogP contribution in [0.5, 0.6) is 5.75 Å². The van der Waals surface area contributed by atoms with Gasteiger partial charge in [-0.15, -0.1) is 16.9 Å². The van der Waals surface area contributed by atoms with E-state index in [0.717, 1.165) is 0 Å². The first-order valence-corrected chi connectivity index (χ1v) is 12.2. The quantitative estimate of drug-likeness (QED) is 0.214. The topological polar surface area (TPSA) is 166 Å². The average molecular weight is 521 g/mol. The van der Waals surface area contributed by atoms with E-state index >= 15 is 0 Å². The standard InChI is InChI=1S/C20H20N6O7S2/c1-25-19(22-23-24-25)35-9-11-8-34-17-14(16(28)26(17)15(11)18(29)30)21-13(27)7-10-5-3-4-6-12(10)33-20(31)32-2/h3-6,14,17H,7-9H2,1-2H3,(H,21,27)(H,29,30)/t14-,17?/m1/s1. The van der Waals surface area contributed by atoms with E-state index in [1.54, 1.807) is 25.2 Å². The normalized spacial score (nSPS) is 19.0. The first-order valence-electron chi connectivity index (χ1n) is 10.2. The van der Waals surface area contributed by atoms with Crippen LogP contribution in [0.15, 0.2) is 40.7 Å². The van der Waals surface area contributed by atoms with Crippen molar-refractivity contribution in [2.75, 3.05) is 18.6 Å². The van der Waals surface area contributed by atoms with E-state index in [1.165, 1.54) is 46.3 Å². The van der Waals surface area contributed by atoms with Crippen LogP contribution in [-0.2, 0) is 32.6 Å². The third-order valence-electron chi connectivity index (χ3n) is 5.21. The van der Waals surface area contributed by atoms with Crippen molar-refractivity contribution in [1.82, 2.24) is 30.4 Å². The molecular weight excluding hydrogens is 500 g/mol. The molecule has 35 heavy (non-hydrogen) atoms. The molecule has 2 aromatic rings. The lowest BCUT2D eigenvalue weighted by Gasteiger charge is -2.49. The third kappa shape index (κ3) is 5.09. The largest absolute Gasteiger partial charge is 0.513 e. The number of amides is 2. The highest BCUT2D eigenvalue weighted by molar-refractivity contribution is 8.01. The third-order valence-corrected chi connectivity index (χ3v) is 7.64. The Morgan fingerprint density at radius 2 is 2.09 bits per heavy atom. The van der Waals surface area contributed by atoms with Gasteiger partial charge in [-0.1, -0.05) is 30.0 Å². The van der Waals surface area contributed by atoms with Crippen molar-refractivity contribution in [3.05, 3.63) is 41.1 Å². The Labute approximate surface area is 207 Å². The van der Waals surface area contributed by atoms with E-state index in [4.69, 9.17) is 4.74 Å². The van der Waals surface area contributed by atoms with E-state index in [-0.39, 0.29) is 17.9 Å². The van der Waals surface area contributed by atoms with Crippen molar-refractivity contribution in [3.63, 3.8) is 0 Å². The number of benzene rings is 1. The van der Waals surface area contributed by atoms with Crippen LogP contribution in [-0.4, -0.2) is 84.2 Å². The highest BCUT2D eigenvalue weighted by Crippen LogP contribution is 2.41. The number of carbonyl (C=O) groups excluding carboxylic acids is 3. The number of nitrogens with one attached hydrogen (secondary N) is 1. The summed E-state index contributed by atoms with van der Waals surface area (Å²) in [4.78, 5) is 50.2. The minimum atomic E-state index is -1.21. The lowest BCUT2D eigenvalue weighted by molar-refractivity contribution is -0.150. The number of aromatic nitrogens is 4. The Balaban J connectivity index is 1.42. The Morgan fingerprint density at radius 3 is 2.77 bits per heavy atom. The van der Waals surface area contributed by atoms with Crippen molar-refractivity contribution in [1.29, 1.82) is 0 Å². The van der Waals surface area contributed by atoms with Crippen LogP contribution in [0.2, 0.25) is 0 Å². The van der Waals surface area contributed by atoms with Crippen LogP contribution in [0.4, 0.5) is 4.79 Å². The maximum absolute atomic E-state index is 12.9. The fraction of sp³-hybridized carbons (Fsp3) is 0.350. The van der Waals surface area contributed by atoms with Crippen LogP contribution in [0.3, 0.4) is 0 Å². The zero-order valence-corrected chi connectivity index (χ0v) is 20.2. The Hall–Kier alpha value is -3.59. The molecule has 184 valence electrons. The molecule has 2 aliphatic heterocycles. The molecular formula is C20H20N6O7S2. The molecule has 2 atom stereocenters. The number of aryl methyl sites for hydroxylation is 1. The zero-order chi connectivity index (χ0) is 25.1. The molecule has 1 unspecified atom stereocenters. The van der Waals surface area contributed by atoms with Crippen molar-refractivity contribution >= 4 is 47.5 Å². The first kappa shape index (κ1) is 24.5. The van der Waals surface area contributed by atoms with Crippen LogP contribution >= 0.6 is 23.5 Å². The van der Waals surface area contributed by atoms with Gasteiger partial charge in [0, 0.05) is 24.1 Å². The molecule has 0 spiro atoms. The zero-order valence-electron chi connectivity index (χ0n) is 18.5. The number of thioether (sulfide) groups is 2. The second-order valence-corrected chi connectivity index (χ2v) is 9.47. The minimum absolute atomic E-state index is 0.0799. The fourth-order valence-electron chi connectivity index (χ4n) is 3.57.